The smallest absolute Gasteiger partial charge is 0.226 e. The van der Waals surface area contributed by atoms with Gasteiger partial charge in [0.25, 0.3) is 0 Å². The molecule has 7 nitrogen and oxygen atoms in total. The lowest BCUT2D eigenvalue weighted by atomic mass is 10.1. The molecule has 34 heavy (non-hydrogen) atoms. The third-order valence-corrected chi connectivity index (χ3v) is 5.58. The van der Waals surface area contributed by atoms with Gasteiger partial charge in [-0.15, -0.1) is 0 Å². The summed E-state index contributed by atoms with van der Waals surface area (Å²) in [6, 6.07) is 7.20. The van der Waals surface area contributed by atoms with E-state index in [1.807, 2.05) is 30.9 Å². The van der Waals surface area contributed by atoms with Gasteiger partial charge in [0.15, 0.2) is 5.65 Å². The van der Waals surface area contributed by atoms with E-state index < -0.39 is 11.6 Å². The van der Waals surface area contributed by atoms with E-state index in [-0.39, 0.29) is 11.5 Å². The van der Waals surface area contributed by atoms with Gasteiger partial charge in [-0.25, -0.2) is 28.7 Å². The summed E-state index contributed by atoms with van der Waals surface area (Å²) in [5.41, 5.74) is 4.70. The first-order valence-electron chi connectivity index (χ1n) is 11.0. The van der Waals surface area contributed by atoms with Gasteiger partial charge in [-0.3, -0.25) is 9.78 Å². The van der Waals surface area contributed by atoms with E-state index >= 15 is 0 Å². The Labute approximate surface area is 195 Å². The van der Waals surface area contributed by atoms with Gasteiger partial charge in [-0.2, -0.15) is 0 Å². The largest absolute Gasteiger partial charge is 0.312 e. The zero-order chi connectivity index (χ0) is 24.2. The monoisotopic (exact) mass is 462 g/mol. The molecule has 0 atom stereocenters. The number of anilines is 1. The lowest BCUT2D eigenvalue weighted by Crippen LogP contribution is -2.35. The van der Waals surface area contributed by atoms with Crippen molar-refractivity contribution in [3.8, 4) is 11.3 Å². The van der Waals surface area contributed by atoms with Gasteiger partial charge in [0.1, 0.15) is 29.2 Å². The summed E-state index contributed by atoms with van der Waals surface area (Å²) in [5, 5.41) is 0. The van der Waals surface area contributed by atoms with E-state index in [0.717, 1.165) is 48.2 Å². The minimum absolute atomic E-state index is 0.177. The van der Waals surface area contributed by atoms with Crippen molar-refractivity contribution in [1.29, 1.82) is 0 Å². The van der Waals surface area contributed by atoms with Crippen LogP contribution >= 0.6 is 0 Å². The highest BCUT2D eigenvalue weighted by Gasteiger charge is 2.19. The van der Waals surface area contributed by atoms with Crippen LogP contribution in [0.2, 0.25) is 0 Å². The fourth-order valence-electron chi connectivity index (χ4n) is 3.70. The minimum atomic E-state index is -0.690. The summed E-state index contributed by atoms with van der Waals surface area (Å²) >= 11 is 0. The van der Waals surface area contributed by atoms with Crippen LogP contribution in [0.15, 0.2) is 42.9 Å². The summed E-state index contributed by atoms with van der Waals surface area (Å²) < 4.78 is 26.9. The molecule has 0 N–H and O–H groups in total. The van der Waals surface area contributed by atoms with Gasteiger partial charge in [-0.05, 0) is 57.9 Å². The van der Waals surface area contributed by atoms with Crippen LogP contribution in [0.3, 0.4) is 0 Å². The SMILES string of the molecule is Cc1cc(N2CCCCC2=O)ccn1.Cc1nc2ncnc(-c3ccc(F)cc3F)c2nc1C. The van der Waals surface area contributed by atoms with E-state index in [1.165, 1.54) is 18.5 Å². The lowest BCUT2D eigenvalue weighted by Gasteiger charge is -2.26. The number of hydrogen-bond donors (Lipinski definition) is 0. The van der Waals surface area contributed by atoms with Crippen molar-refractivity contribution in [3.05, 3.63) is 71.6 Å². The number of hydrogen-bond acceptors (Lipinski definition) is 6. The number of fused-ring (bicyclic) bond motifs is 1. The first kappa shape index (κ1) is 23.3. The molecule has 1 saturated heterocycles. The third kappa shape index (κ3) is 5.03. The molecule has 3 aromatic heterocycles. The van der Waals surface area contributed by atoms with E-state index in [2.05, 4.69) is 24.9 Å². The maximum absolute atomic E-state index is 13.9. The topological polar surface area (TPSA) is 84.8 Å². The Morgan fingerprint density at radius 3 is 2.44 bits per heavy atom. The van der Waals surface area contributed by atoms with Crippen LogP contribution in [-0.4, -0.2) is 37.4 Å². The zero-order valence-electron chi connectivity index (χ0n) is 19.2. The fraction of sp³-hybridized carbons (Fsp3) is 0.280. The molecule has 1 aromatic carbocycles. The van der Waals surface area contributed by atoms with E-state index in [0.29, 0.717) is 23.3 Å². The summed E-state index contributed by atoms with van der Waals surface area (Å²) in [6.45, 7) is 6.42. The van der Waals surface area contributed by atoms with E-state index in [1.54, 1.807) is 13.1 Å². The molecule has 0 bridgehead atoms. The second kappa shape index (κ2) is 9.94. The summed E-state index contributed by atoms with van der Waals surface area (Å²) in [7, 11) is 0. The van der Waals surface area contributed by atoms with Gasteiger partial charge < -0.3 is 4.90 Å². The van der Waals surface area contributed by atoms with Gasteiger partial charge in [0.05, 0.1) is 11.4 Å². The Kier molecular flexibility index (Phi) is 6.81. The average molecular weight is 463 g/mol. The predicted molar refractivity (Wildman–Crippen MR) is 125 cm³/mol. The van der Waals surface area contributed by atoms with Crippen LogP contribution in [0.5, 0.6) is 0 Å². The molecule has 1 aliphatic rings. The fourth-order valence-corrected chi connectivity index (χ4v) is 3.70. The molecule has 0 saturated carbocycles. The Balaban J connectivity index is 0.000000172. The number of amides is 1. The van der Waals surface area contributed by atoms with Crippen molar-refractivity contribution in [2.24, 2.45) is 0 Å². The van der Waals surface area contributed by atoms with Crippen molar-refractivity contribution in [2.45, 2.75) is 40.0 Å². The molecule has 1 aliphatic heterocycles. The van der Waals surface area contributed by atoms with Gasteiger partial charge >= 0.3 is 0 Å². The summed E-state index contributed by atoms with van der Waals surface area (Å²) in [6.07, 6.45) is 5.87. The highest BCUT2D eigenvalue weighted by Crippen LogP contribution is 2.26. The number of nitrogens with zero attached hydrogens (tertiary/aromatic N) is 6. The van der Waals surface area contributed by atoms with Gasteiger partial charge in [0.2, 0.25) is 5.91 Å². The first-order valence-corrected chi connectivity index (χ1v) is 11.0. The van der Waals surface area contributed by atoms with Crippen molar-refractivity contribution < 1.29 is 13.6 Å². The molecule has 5 rings (SSSR count). The normalized spacial score (nSPS) is 13.6. The molecule has 0 spiro atoms. The molecule has 1 fully saturated rings. The molecule has 9 heteroatoms. The average Bonchev–Trinajstić information content (AvgIpc) is 2.81. The van der Waals surface area contributed by atoms with Gasteiger partial charge in [0, 0.05) is 42.2 Å². The summed E-state index contributed by atoms with van der Waals surface area (Å²) in [5.74, 6) is -1.09. The number of carbonyl (C=O) groups is 1. The number of rotatable bonds is 2. The lowest BCUT2D eigenvalue weighted by molar-refractivity contribution is -0.119. The molecule has 4 heterocycles. The van der Waals surface area contributed by atoms with Crippen molar-refractivity contribution >= 4 is 22.8 Å². The van der Waals surface area contributed by atoms with Crippen LogP contribution in [0.1, 0.15) is 36.3 Å². The Morgan fingerprint density at radius 1 is 0.912 bits per heavy atom. The number of halogens is 2. The van der Waals surface area contributed by atoms with Crippen LogP contribution in [0, 0.1) is 32.4 Å². The predicted octanol–water partition coefficient (Wildman–Crippen LogP) is 4.89. The highest BCUT2D eigenvalue weighted by atomic mass is 19.1. The quantitative estimate of drug-likeness (QED) is 0.422. The highest BCUT2D eigenvalue weighted by molar-refractivity contribution is 5.94. The Hall–Kier alpha value is -3.88. The maximum Gasteiger partial charge on any atom is 0.226 e. The van der Waals surface area contributed by atoms with Crippen molar-refractivity contribution in [2.75, 3.05) is 11.4 Å². The number of aryl methyl sites for hydroxylation is 3. The maximum atomic E-state index is 13.9. The van der Waals surface area contributed by atoms with Crippen molar-refractivity contribution in [1.82, 2.24) is 24.9 Å². The third-order valence-electron chi connectivity index (χ3n) is 5.58. The van der Waals surface area contributed by atoms with Crippen LogP contribution in [-0.2, 0) is 4.79 Å². The number of aromatic nitrogens is 5. The summed E-state index contributed by atoms with van der Waals surface area (Å²) in [4.78, 5) is 34.4. The molecule has 0 radical (unpaired) electrons. The second-order valence-electron chi connectivity index (χ2n) is 8.07. The molecular formula is C25H24F2N6O. The van der Waals surface area contributed by atoms with Crippen LogP contribution in [0.4, 0.5) is 14.5 Å². The second-order valence-corrected chi connectivity index (χ2v) is 8.07. The number of carbonyl (C=O) groups excluding carboxylic acids is 1. The van der Waals surface area contributed by atoms with Crippen LogP contribution in [0.25, 0.3) is 22.4 Å². The van der Waals surface area contributed by atoms with E-state index in [4.69, 9.17) is 0 Å². The molecule has 0 unspecified atom stereocenters. The molecule has 0 aliphatic carbocycles. The standard InChI is InChI=1S/C14H10F2N4.C11H14N2O/c1-7-8(2)20-14-13(19-7)12(17-6-18-14)10-4-3-9(15)5-11(10)16;1-9-8-10(5-6-12-9)13-7-3-2-4-11(13)14/h3-6H,1-2H3;5-6,8H,2-4,7H2,1H3. The van der Waals surface area contributed by atoms with E-state index in [9.17, 15) is 13.6 Å². The van der Waals surface area contributed by atoms with Crippen molar-refractivity contribution in [3.63, 3.8) is 0 Å². The molecule has 174 valence electrons. The zero-order valence-corrected chi connectivity index (χ0v) is 19.2. The number of pyridine rings is 1. The minimum Gasteiger partial charge on any atom is -0.312 e. The number of benzene rings is 1. The molecular weight excluding hydrogens is 438 g/mol. The van der Waals surface area contributed by atoms with Crippen LogP contribution < -0.4 is 4.90 Å². The Bertz CT molecular complexity index is 1360. The molecule has 4 aromatic rings. The molecule has 1 amide bonds. The Morgan fingerprint density at radius 2 is 1.71 bits per heavy atom. The first-order chi connectivity index (χ1) is 16.3. The number of piperidine rings is 1. The van der Waals surface area contributed by atoms with Gasteiger partial charge in [-0.1, -0.05) is 0 Å².